The van der Waals surface area contributed by atoms with Gasteiger partial charge in [-0.15, -0.1) is 0 Å². The van der Waals surface area contributed by atoms with Gasteiger partial charge < -0.3 is 0 Å². The zero-order valence-electron chi connectivity index (χ0n) is 26.5. The van der Waals surface area contributed by atoms with E-state index in [2.05, 4.69) is 172 Å². The van der Waals surface area contributed by atoms with Crippen molar-refractivity contribution in [3.05, 3.63) is 169 Å². The molecule has 0 nitrogen and oxygen atoms in total. The van der Waals surface area contributed by atoms with E-state index in [0.717, 1.165) is 0 Å². The van der Waals surface area contributed by atoms with Crippen LogP contribution in [0.5, 0.6) is 0 Å². The second-order valence-electron chi connectivity index (χ2n) is 13.7. The van der Waals surface area contributed by atoms with E-state index >= 15 is 0 Å². The molecular weight excluding hydrogens is 565 g/mol. The lowest BCUT2D eigenvalue weighted by Crippen LogP contribution is -2.15. The predicted molar refractivity (Wildman–Crippen MR) is 202 cm³/mol. The van der Waals surface area contributed by atoms with Gasteiger partial charge in [0.2, 0.25) is 0 Å². The summed E-state index contributed by atoms with van der Waals surface area (Å²) >= 11 is 0. The lowest BCUT2D eigenvalue weighted by molar-refractivity contribution is 0.661. The molecule has 220 valence electrons. The van der Waals surface area contributed by atoms with Gasteiger partial charge in [0.05, 0.1) is 0 Å². The third-order valence-corrected chi connectivity index (χ3v) is 10.8. The maximum Gasteiger partial charge on any atom is 0.0159 e. The fourth-order valence-corrected chi connectivity index (χ4v) is 8.40. The normalized spacial score (nSPS) is 13.5. The molecule has 0 aliphatic heterocycles. The Morgan fingerprint density at radius 1 is 0.319 bits per heavy atom. The fraction of sp³-hybridized carbons (Fsp3) is 0.0638. The SMILES string of the molecule is CC1(C)c2cc(-c3ccc(-c4ccc5ccc6cccc7ccc4c5c67)cc3-c3ccccc3)ccc2-c2cc3ccccc3cc21. The van der Waals surface area contributed by atoms with Crippen LogP contribution in [-0.2, 0) is 5.41 Å². The van der Waals surface area contributed by atoms with Gasteiger partial charge in [-0.2, -0.15) is 0 Å². The average Bonchev–Trinajstić information content (AvgIpc) is 3.34. The molecule has 0 N–H and O–H groups in total. The number of hydrogen-bond donors (Lipinski definition) is 0. The Morgan fingerprint density at radius 3 is 1.68 bits per heavy atom. The molecule has 0 radical (unpaired) electrons. The van der Waals surface area contributed by atoms with Crippen LogP contribution in [0.1, 0.15) is 25.0 Å². The van der Waals surface area contributed by atoms with Crippen molar-refractivity contribution in [3.8, 4) is 44.5 Å². The molecule has 0 heterocycles. The lowest BCUT2D eigenvalue weighted by atomic mass is 9.80. The Kier molecular flexibility index (Phi) is 5.44. The van der Waals surface area contributed by atoms with Gasteiger partial charge in [-0.1, -0.05) is 147 Å². The molecule has 9 aromatic rings. The molecule has 0 fully saturated rings. The van der Waals surface area contributed by atoms with Gasteiger partial charge in [-0.25, -0.2) is 0 Å². The third-order valence-electron chi connectivity index (χ3n) is 10.8. The van der Waals surface area contributed by atoms with Crippen molar-refractivity contribution in [1.82, 2.24) is 0 Å². The fourth-order valence-electron chi connectivity index (χ4n) is 8.40. The van der Waals surface area contributed by atoms with Crippen LogP contribution in [0.15, 0.2) is 158 Å². The molecule has 0 unspecified atom stereocenters. The Bertz CT molecular complexity index is 2670. The molecule has 1 aliphatic rings. The van der Waals surface area contributed by atoms with E-state index in [0.29, 0.717) is 0 Å². The molecule has 0 heteroatoms. The summed E-state index contributed by atoms with van der Waals surface area (Å²) in [5, 5.41) is 10.5. The summed E-state index contributed by atoms with van der Waals surface area (Å²) in [6, 6.07) is 59.0. The molecule has 9 aromatic carbocycles. The largest absolute Gasteiger partial charge is 0.0622 e. The second kappa shape index (κ2) is 9.64. The highest BCUT2D eigenvalue weighted by molar-refractivity contribution is 6.25. The number of benzene rings is 9. The van der Waals surface area contributed by atoms with Gasteiger partial charge in [-0.3, -0.25) is 0 Å². The first-order chi connectivity index (χ1) is 23.0. The number of hydrogen-bond acceptors (Lipinski definition) is 0. The maximum atomic E-state index is 2.46. The van der Waals surface area contributed by atoms with Gasteiger partial charge in [0, 0.05) is 5.41 Å². The van der Waals surface area contributed by atoms with E-state index in [1.165, 1.54) is 98.7 Å². The molecule has 0 saturated carbocycles. The van der Waals surface area contributed by atoms with E-state index < -0.39 is 0 Å². The van der Waals surface area contributed by atoms with Gasteiger partial charge in [-0.05, 0) is 123 Å². The maximum absolute atomic E-state index is 2.46. The minimum atomic E-state index is -0.0840. The van der Waals surface area contributed by atoms with E-state index in [1.54, 1.807) is 0 Å². The molecule has 0 atom stereocenters. The van der Waals surface area contributed by atoms with E-state index in [1.807, 2.05) is 0 Å². The molecule has 47 heavy (non-hydrogen) atoms. The molecule has 0 spiro atoms. The Balaban J connectivity index is 1.17. The van der Waals surface area contributed by atoms with Crippen molar-refractivity contribution in [2.24, 2.45) is 0 Å². The molecule has 0 saturated heterocycles. The molecule has 10 rings (SSSR count). The van der Waals surface area contributed by atoms with Crippen LogP contribution < -0.4 is 0 Å². The zero-order chi connectivity index (χ0) is 31.3. The zero-order valence-corrected chi connectivity index (χ0v) is 26.5. The molecule has 0 bridgehead atoms. The van der Waals surface area contributed by atoms with Crippen molar-refractivity contribution in [2.75, 3.05) is 0 Å². The van der Waals surface area contributed by atoms with Crippen LogP contribution >= 0.6 is 0 Å². The Hall–Kier alpha value is -5.72. The monoisotopic (exact) mass is 596 g/mol. The predicted octanol–water partition coefficient (Wildman–Crippen LogP) is 13.0. The van der Waals surface area contributed by atoms with Crippen molar-refractivity contribution in [2.45, 2.75) is 19.3 Å². The van der Waals surface area contributed by atoms with Crippen molar-refractivity contribution >= 4 is 43.1 Å². The van der Waals surface area contributed by atoms with Crippen molar-refractivity contribution < 1.29 is 0 Å². The van der Waals surface area contributed by atoms with Crippen LogP contribution in [0, 0.1) is 0 Å². The minimum Gasteiger partial charge on any atom is -0.0622 e. The van der Waals surface area contributed by atoms with Crippen LogP contribution in [-0.4, -0.2) is 0 Å². The molecule has 1 aliphatic carbocycles. The first-order valence-electron chi connectivity index (χ1n) is 16.6. The lowest BCUT2D eigenvalue weighted by Gasteiger charge is -2.23. The van der Waals surface area contributed by atoms with Gasteiger partial charge >= 0.3 is 0 Å². The van der Waals surface area contributed by atoms with Crippen molar-refractivity contribution in [1.29, 1.82) is 0 Å². The number of fused-ring (bicyclic) bond motifs is 4. The highest BCUT2D eigenvalue weighted by Gasteiger charge is 2.36. The summed E-state index contributed by atoms with van der Waals surface area (Å²) in [5.41, 5.74) is 13.0. The summed E-state index contributed by atoms with van der Waals surface area (Å²) in [5.74, 6) is 0. The Labute approximate surface area is 274 Å². The summed E-state index contributed by atoms with van der Waals surface area (Å²) in [7, 11) is 0. The van der Waals surface area contributed by atoms with E-state index in [-0.39, 0.29) is 5.41 Å². The van der Waals surface area contributed by atoms with Crippen LogP contribution in [0.3, 0.4) is 0 Å². The minimum absolute atomic E-state index is 0.0840. The van der Waals surface area contributed by atoms with Crippen LogP contribution in [0.25, 0.3) is 87.6 Å². The topological polar surface area (TPSA) is 0 Å². The highest BCUT2D eigenvalue weighted by Crippen LogP contribution is 2.51. The first-order valence-corrected chi connectivity index (χ1v) is 16.6. The smallest absolute Gasteiger partial charge is 0.0159 e. The van der Waals surface area contributed by atoms with Crippen LogP contribution in [0.4, 0.5) is 0 Å². The first kappa shape index (κ1) is 26.5. The van der Waals surface area contributed by atoms with E-state index in [9.17, 15) is 0 Å². The summed E-state index contributed by atoms with van der Waals surface area (Å²) in [6.07, 6.45) is 0. The van der Waals surface area contributed by atoms with Gasteiger partial charge in [0.25, 0.3) is 0 Å². The third kappa shape index (κ3) is 3.82. The van der Waals surface area contributed by atoms with Crippen LogP contribution in [0.2, 0.25) is 0 Å². The van der Waals surface area contributed by atoms with Gasteiger partial charge in [0.15, 0.2) is 0 Å². The average molecular weight is 597 g/mol. The highest BCUT2D eigenvalue weighted by atomic mass is 14.4. The standard InChI is InChI=1S/C47H32/c1-47(2)43-28-36(20-23-39(43)42-25-33-11-6-7-12-34(33)27-44(42)47)38-22-19-35(26-41(38)29-9-4-3-5-10-29)37-21-17-32-16-15-30-13-8-14-31-18-24-40(37)46(32)45(30)31/h3-28H,1-2H3. The molecule has 0 amide bonds. The van der Waals surface area contributed by atoms with Gasteiger partial charge in [0.1, 0.15) is 0 Å². The summed E-state index contributed by atoms with van der Waals surface area (Å²) in [6.45, 7) is 4.76. The van der Waals surface area contributed by atoms with Crippen molar-refractivity contribution in [3.63, 3.8) is 0 Å². The molecule has 0 aromatic heterocycles. The summed E-state index contributed by atoms with van der Waals surface area (Å²) in [4.78, 5) is 0. The quantitative estimate of drug-likeness (QED) is 0.178. The Morgan fingerprint density at radius 2 is 0.894 bits per heavy atom. The molecular formula is C47H32. The summed E-state index contributed by atoms with van der Waals surface area (Å²) < 4.78 is 0. The number of rotatable bonds is 3. The van der Waals surface area contributed by atoms with E-state index in [4.69, 9.17) is 0 Å². The second-order valence-corrected chi connectivity index (χ2v) is 13.7.